The van der Waals surface area contributed by atoms with E-state index in [9.17, 15) is 5.11 Å². The number of aliphatic hydroxyl groups is 1. The summed E-state index contributed by atoms with van der Waals surface area (Å²) in [4.78, 5) is 17.3. The van der Waals surface area contributed by atoms with Crippen LogP contribution in [0.3, 0.4) is 0 Å². The molecule has 7 nitrogen and oxygen atoms in total. The maximum Gasteiger partial charge on any atom is 0.232 e. The number of nitrogens with two attached hydrogens (primary N) is 1. The lowest BCUT2D eigenvalue weighted by Gasteiger charge is -2.34. The molecule has 0 radical (unpaired) electrons. The van der Waals surface area contributed by atoms with Crippen molar-refractivity contribution in [3.63, 3.8) is 0 Å². The molecule has 1 aromatic heterocycles. The minimum Gasteiger partial charge on any atom is -0.391 e. The van der Waals surface area contributed by atoms with Gasteiger partial charge in [-0.2, -0.15) is 15.0 Å². The van der Waals surface area contributed by atoms with Crippen LogP contribution in [0.4, 0.5) is 17.8 Å². The van der Waals surface area contributed by atoms with E-state index >= 15 is 0 Å². The molecule has 2 saturated heterocycles. The Kier molecular flexibility index (Phi) is 4.10. The van der Waals surface area contributed by atoms with Crippen LogP contribution in [0.2, 0.25) is 0 Å². The average molecular weight is 292 g/mol. The van der Waals surface area contributed by atoms with Crippen molar-refractivity contribution in [2.45, 2.75) is 38.7 Å². The van der Waals surface area contributed by atoms with Gasteiger partial charge < -0.3 is 20.6 Å². The predicted octanol–water partition coefficient (Wildman–Crippen LogP) is 0.651. The minimum atomic E-state index is -0.338. The van der Waals surface area contributed by atoms with E-state index < -0.39 is 0 Å². The second-order valence-electron chi connectivity index (χ2n) is 6.12. The molecular weight excluding hydrogens is 268 g/mol. The van der Waals surface area contributed by atoms with Gasteiger partial charge in [-0.15, -0.1) is 0 Å². The van der Waals surface area contributed by atoms with Crippen molar-refractivity contribution in [1.29, 1.82) is 0 Å². The zero-order valence-electron chi connectivity index (χ0n) is 12.6. The zero-order valence-corrected chi connectivity index (χ0v) is 12.6. The molecule has 2 fully saturated rings. The van der Waals surface area contributed by atoms with E-state index in [1.807, 2.05) is 4.90 Å². The van der Waals surface area contributed by atoms with Gasteiger partial charge in [0, 0.05) is 26.2 Å². The second-order valence-corrected chi connectivity index (χ2v) is 6.12. The normalized spacial score (nSPS) is 27.0. The number of aliphatic hydroxyl groups excluding tert-OH is 1. The molecule has 0 aromatic carbocycles. The molecule has 2 unspecified atom stereocenters. The van der Waals surface area contributed by atoms with E-state index in [0.29, 0.717) is 24.4 Å². The summed E-state index contributed by atoms with van der Waals surface area (Å²) in [5, 5.41) is 10.0. The Morgan fingerprint density at radius 2 is 1.67 bits per heavy atom. The topological polar surface area (TPSA) is 91.4 Å². The number of nitrogens with zero attached hydrogens (tertiary/aromatic N) is 5. The largest absolute Gasteiger partial charge is 0.391 e. The molecule has 116 valence electrons. The minimum absolute atomic E-state index is 0.258. The van der Waals surface area contributed by atoms with E-state index in [-0.39, 0.29) is 12.1 Å². The van der Waals surface area contributed by atoms with Gasteiger partial charge in [-0.05, 0) is 31.6 Å². The van der Waals surface area contributed by atoms with Gasteiger partial charge in [-0.25, -0.2) is 0 Å². The smallest absolute Gasteiger partial charge is 0.232 e. The molecule has 1 aromatic rings. The molecule has 2 aliphatic rings. The number of nitrogen functional groups attached to an aromatic ring is 1. The number of hydrogen-bond donors (Lipinski definition) is 2. The van der Waals surface area contributed by atoms with Gasteiger partial charge in [-0.1, -0.05) is 6.92 Å². The second kappa shape index (κ2) is 6.01. The van der Waals surface area contributed by atoms with Gasteiger partial charge in [0.15, 0.2) is 0 Å². The van der Waals surface area contributed by atoms with Crippen molar-refractivity contribution in [2.24, 2.45) is 5.92 Å². The van der Waals surface area contributed by atoms with Crippen LogP contribution in [0, 0.1) is 5.92 Å². The molecule has 3 heterocycles. The summed E-state index contributed by atoms with van der Waals surface area (Å²) in [6, 6.07) is 0. The third-order valence-corrected chi connectivity index (χ3v) is 4.47. The summed E-state index contributed by atoms with van der Waals surface area (Å²) in [7, 11) is 0. The number of piperidine rings is 2. The summed E-state index contributed by atoms with van der Waals surface area (Å²) < 4.78 is 0. The number of anilines is 3. The molecule has 3 N–H and O–H groups in total. The third-order valence-electron chi connectivity index (χ3n) is 4.47. The summed E-state index contributed by atoms with van der Waals surface area (Å²) in [6.45, 7) is 5.43. The van der Waals surface area contributed by atoms with Gasteiger partial charge in [0.1, 0.15) is 0 Å². The van der Waals surface area contributed by atoms with E-state index in [0.717, 1.165) is 26.1 Å². The summed E-state index contributed by atoms with van der Waals surface area (Å²) in [5.41, 5.74) is 5.86. The maximum absolute atomic E-state index is 10.0. The van der Waals surface area contributed by atoms with E-state index in [2.05, 4.69) is 26.8 Å². The highest BCUT2D eigenvalue weighted by Crippen LogP contribution is 2.23. The fraction of sp³-hybridized carbons (Fsp3) is 0.786. The molecule has 21 heavy (non-hydrogen) atoms. The Hall–Kier alpha value is -1.63. The Morgan fingerprint density at radius 3 is 2.33 bits per heavy atom. The van der Waals surface area contributed by atoms with Crippen molar-refractivity contribution in [3.05, 3.63) is 0 Å². The molecule has 7 heteroatoms. The molecule has 0 saturated carbocycles. The van der Waals surface area contributed by atoms with E-state index in [1.54, 1.807) is 0 Å². The first-order valence-corrected chi connectivity index (χ1v) is 7.83. The van der Waals surface area contributed by atoms with Crippen LogP contribution >= 0.6 is 0 Å². The van der Waals surface area contributed by atoms with E-state index in [4.69, 9.17) is 5.73 Å². The average Bonchev–Trinajstić information content (AvgIpc) is 2.50. The van der Waals surface area contributed by atoms with Crippen LogP contribution in [-0.4, -0.2) is 52.3 Å². The van der Waals surface area contributed by atoms with Crippen LogP contribution in [0.1, 0.15) is 32.6 Å². The van der Waals surface area contributed by atoms with Crippen molar-refractivity contribution in [2.75, 3.05) is 41.7 Å². The first-order valence-electron chi connectivity index (χ1n) is 7.83. The molecule has 0 spiro atoms. The third kappa shape index (κ3) is 3.18. The van der Waals surface area contributed by atoms with Gasteiger partial charge in [0.25, 0.3) is 0 Å². The number of aromatic nitrogens is 3. The highest BCUT2D eigenvalue weighted by Gasteiger charge is 2.27. The van der Waals surface area contributed by atoms with Crippen molar-refractivity contribution < 1.29 is 5.11 Å². The lowest BCUT2D eigenvalue weighted by Crippen LogP contribution is -2.44. The molecule has 2 atom stereocenters. The van der Waals surface area contributed by atoms with Crippen molar-refractivity contribution in [3.8, 4) is 0 Å². The standard InChI is InChI=1S/C14H24N6O/c1-10-5-8-20(9-11(10)21)14-17-12(15)16-13(18-14)19-6-3-2-4-7-19/h10-11,21H,2-9H2,1H3,(H2,15,16,17,18). The Bertz CT molecular complexity index is 490. The highest BCUT2D eigenvalue weighted by molar-refractivity contribution is 5.44. The lowest BCUT2D eigenvalue weighted by atomic mass is 9.96. The maximum atomic E-state index is 10.0. The molecule has 0 aliphatic carbocycles. The van der Waals surface area contributed by atoms with Crippen LogP contribution in [0.15, 0.2) is 0 Å². The SMILES string of the molecule is CC1CCN(c2nc(N)nc(N3CCCCC3)n2)CC1O. The number of rotatable bonds is 2. The molecule has 3 rings (SSSR count). The summed E-state index contributed by atoms with van der Waals surface area (Å²) in [5.74, 6) is 1.84. The fourth-order valence-corrected chi connectivity index (χ4v) is 2.98. The van der Waals surface area contributed by atoms with Crippen LogP contribution in [0.25, 0.3) is 0 Å². The van der Waals surface area contributed by atoms with Crippen molar-refractivity contribution in [1.82, 2.24) is 15.0 Å². The first-order chi connectivity index (χ1) is 10.1. The van der Waals surface area contributed by atoms with Gasteiger partial charge in [0.05, 0.1) is 6.10 Å². The molecule has 0 amide bonds. The number of hydrogen-bond acceptors (Lipinski definition) is 7. The fourth-order valence-electron chi connectivity index (χ4n) is 2.98. The van der Waals surface area contributed by atoms with Gasteiger partial charge in [0.2, 0.25) is 17.8 Å². The quantitative estimate of drug-likeness (QED) is 0.827. The molecule has 0 bridgehead atoms. The summed E-state index contributed by atoms with van der Waals surface area (Å²) in [6.07, 6.45) is 4.20. The van der Waals surface area contributed by atoms with Crippen molar-refractivity contribution >= 4 is 17.8 Å². The number of β-amino-alcohol motifs (C(OH)–C–C–N with tert-alkyl or cyclic N) is 1. The van der Waals surface area contributed by atoms with Crippen LogP contribution in [-0.2, 0) is 0 Å². The van der Waals surface area contributed by atoms with Crippen LogP contribution < -0.4 is 15.5 Å². The van der Waals surface area contributed by atoms with Gasteiger partial charge in [-0.3, -0.25) is 0 Å². The van der Waals surface area contributed by atoms with Crippen LogP contribution in [0.5, 0.6) is 0 Å². The highest BCUT2D eigenvalue weighted by atomic mass is 16.3. The Morgan fingerprint density at radius 1 is 1.00 bits per heavy atom. The predicted molar refractivity (Wildman–Crippen MR) is 82.3 cm³/mol. The zero-order chi connectivity index (χ0) is 14.8. The first kappa shape index (κ1) is 14.3. The lowest BCUT2D eigenvalue weighted by molar-refractivity contribution is 0.102. The Balaban J connectivity index is 1.80. The summed E-state index contributed by atoms with van der Waals surface area (Å²) >= 11 is 0. The molecule has 2 aliphatic heterocycles. The van der Waals surface area contributed by atoms with Gasteiger partial charge >= 0.3 is 0 Å². The molecular formula is C14H24N6O. The van der Waals surface area contributed by atoms with E-state index in [1.165, 1.54) is 19.3 Å². The Labute approximate surface area is 125 Å². The monoisotopic (exact) mass is 292 g/mol.